The highest BCUT2D eigenvalue weighted by molar-refractivity contribution is 7.99. The van der Waals surface area contributed by atoms with Crippen molar-refractivity contribution in [2.24, 2.45) is 0 Å². The van der Waals surface area contributed by atoms with E-state index in [1.54, 1.807) is 6.92 Å². The first-order valence-corrected chi connectivity index (χ1v) is 8.95. The summed E-state index contributed by atoms with van der Waals surface area (Å²) in [4.78, 5) is 20.4. The lowest BCUT2D eigenvalue weighted by Gasteiger charge is -2.11. The number of halogens is 5. The van der Waals surface area contributed by atoms with Crippen LogP contribution in [0, 0.1) is 0 Å². The summed E-state index contributed by atoms with van der Waals surface area (Å²) in [5.74, 6) is 0.279. The van der Waals surface area contributed by atoms with Crippen molar-refractivity contribution in [3.05, 3.63) is 50.4 Å². The summed E-state index contributed by atoms with van der Waals surface area (Å²) in [6, 6.07) is 3.71. The zero-order valence-corrected chi connectivity index (χ0v) is 15.4. The Bertz CT molecular complexity index is 1050. The van der Waals surface area contributed by atoms with E-state index in [0.717, 1.165) is 17.8 Å². The Morgan fingerprint density at radius 2 is 1.96 bits per heavy atom. The summed E-state index contributed by atoms with van der Waals surface area (Å²) in [6.45, 7) is 1.78. The Balaban J connectivity index is 2.24. The first kappa shape index (κ1) is 19.0. The molecule has 0 aliphatic heterocycles. The molecule has 0 atom stereocenters. The first-order chi connectivity index (χ1) is 12.2. The Hall–Kier alpha value is -1.77. The largest absolute Gasteiger partial charge is 0.417 e. The van der Waals surface area contributed by atoms with Crippen LogP contribution in [-0.2, 0) is 6.18 Å². The number of rotatable bonds is 3. The molecule has 2 aromatic heterocycles. The molecule has 0 spiro atoms. The van der Waals surface area contributed by atoms with Gasteiger partial charge in [0.25, 0.3) is 5.89 Å². The van der Waals surface area contributed by atoms with Crippen molar-refractivity contribution < 1.29 is 17.6 Å². The second-order valence-corrected chi connectivity index (χ2v) is 7.24. The Labute approximate surface area is 159 Å². The predicted molar refractivity (Wildman–Crippen MR) is 94.9 cm³/mol. The highest BCUT2D eigenvalue weighted by Gasteiger charge is 2.32. The molecule has 0 saturated carbocycles. The maximum atomic E-state index is 12.9. The fourth-order valence-electron chi connectivity index (χ4n) is 2.23. The molecular formula is C16H9Cl2F3N2O2S. The van der Waals surface area contributed by atoms with Crippen molar-refractivity contribution in [2.45, 2.75) is 18.0 Å². The van der Waals surface area contributed by atoms with Crippen LogP contribution >= 0.6 is 35.0 Å². The van der Waals surface area contributed by atoms with E-state index in [1.165, 1.54) is 12.1 Å². The minimum Gasteiger partial charge on any atom is -0.401 e. The number of nitrogens with zero attached hydrogens (tertiary/aromatic N) is 2. The van der Waals surface area contributed by atoms with Crippen LogP contribution in [0.15, 0.2) is 38.5 Å². The molecule has 0 N–H and O–H groups in total. The third kappa shape index (κ3) is 3.67. The lowest BCUT2D eigenvalue weighted by molar-refractivity contribution is -0.138. The van der Waals surface area contributed by atoms with Crippen molar-refractivity contribution in [1.82, 2.24) is 9.97 Å². The van der Waals surface area contributed by atoms with Gasteiger partial charge in [0.05, 0.1) is 16.0 Å². The monoisotopic (exact) mass is 420 g/mol. The van der Waals surface area contributed by atoms with Gasteiger partial charge < -0.3 is 4.42 Å². The van der Waals surface area contributed by atoms with Gasteiger partial charge in [-0.25, -0.2) is 14.8 Å². The fourth-order valence-corrected chi connectivity index (χ4v) is 3.56. The van der Waals surface area contributed by atoms with E-state index >= 15 is 0 Å². The van der Waals surface area contributed by atoms with E-state index in [2.05, 4.69) is 9.97 Å². The van der Waals surface area contributed by atoms with E-state index in [9.17, 15) is 18.0 Å². The lowest BCUT2D eigenvalue weighted by atomic mass is 10.2. The lowest BCUT2D eigenvalue weighted by Crippen LogP contribution is -2.08. The highest BCUT2D eigenvalue weighted by Crippen LogP contribution is 2.36. The average molecular weight is 421 g/mol. The smallest absolute Gasteiger partial charge is 0.401 e. The first-order valence-electron chi connectivity index (χ1n) is 7.21. The summed E-state index contributed by atoms with van der Waals surface area (Å²) in [5, 5.41) is 0.431. The standard InChI is InChI=1S/C16H9Cl2F3N2O2S/c1-2-26-11-3-7(16(19,20)21)6-22-13(11)14-23-12-9(15(24)25-14)4-8(17)5-10(12)18/h3-6H,2H2,1H3. The molecule has 10 heteroatoms. The predicted octanol–water partition coefficient (Wildman–Crippen LogP) is 5.69. The van der Waals surface area contributed by atoms with Crippen LogP contribution < -0.4 is 5.63 Å². The van der Waals surface area contributed by atoms with Gasteiger partial charge in [-0.3, -0.25) is 0 Å². The summed E-state index contributed by atoms with van der Waals surface area (Å²) >= 11 is 13.1. The summed E-state index contributed by atoms with van der Waals surface area (Å²) in [5.41, 5.74) is -1.49. The number of hydrogen-bond acceptors (Lipinski definition) is 5. The molecular weight excluding hydrogens is 412 g/mol. The minimum absolute atomic E-state index is 0.0369. The van der Waals surface area contributed by atoms with Crippen LogP contribution in [0.25, 0.3) is 22.5 Å². The second-order valence-electron chi connectivity index (χ2n) is 5.09. The molecule has 0 aliphatic carbocycles. The summed E-state index contributed by atoms with van der Waals surface area (Å²) in [6.07, 6.45) is -3.86. The van der Waals surface area contributed by atoms with Crippen LogP contribution in [0.5, 0.6) is 0 Å². The van der Waals surface area contributed by atoms with Gasteiger partial charge in [-0.05, 0) is 24.0 Å². The van der Waals surface area contributed by atoms with Crippen LogP contribution in [0.4, 0.5) is 13.2 Å². The Kier molecular flexibility index (Phi) is 5.18. The van der Waals surface area contributed by atoms with E-state index in [-0.39, 0.29) is 37.4 Å². The number of aromatic nitrogens is 2. The number of benzene rings is 1. The molecule has 0 fully saturated rings. The van der Waals surface area contributed by atoms with Crippen molar-refractivity contribution in [3.8, 4) is 11.6 Å². The van der Waals surface area contributed by atoms with E-state index in [1.807, 2.05) is 0 Å². The molecule has 2 heterocycles. The summed E-state index contributed by atoms with van der Waals surface area (Å²) in [7, 11) is 0. The van der Waals surface area contributed by atoms with Crippen LogP contribution in [-0.4, -0.2) is 15.7 Å². The van der Waals surface area contributed by atoms with Gasteiger partial charge in [0.2, 0.25) is 0 Å². The van der Waals surface area contributed by atoms with Crippen LogP contribution in [0.2, 0.25) is 10.0 Å². The molecule has 0 unspecified atom stereocenters. The molecule has 3 rings (SSSR count). The number of fused-ring (bicyclic) bond motifs is 1. The Morgan fingerprint density at radius 3 is 2.62 bits per heavy atom. The number of pyridine rings is 1. The minimum atomic E-state index is -4.54. The van der Waals surface area contributed by atoms with Crippen molar-refractivity contribution in [1.29, 1.82) is 0 Å². The third-order valence-electron chi connectivity index (χ3n) is 3.33. The van der Waals surface area contributed by atoms with Gasteiger partial charge in [-0.15, -0.1) is 11.8 Å². The highest BCUT2D eigenvalue weighted by atomic mass is 35.5. The zero-order valence-electron chi connectivity index (χ0n) is 13.0. The maximum Gasteiger partial charge on any atom is 0.417 e. The quantitative estimate of drug-likeness (QED) is 0.509. The second kappa shape index (κ2) is 7.09. The van der Waals surface area contributed by atoms with Crippen molar-refractivity contribution >= 4 is 45.9 Å². The number of alkyl halides is 3. The van der Waals surface area contributed by atoms with E-state index in [4.69, 9.17) is 27.6 Å². The number of thioether (sulfide) groups is 1. The zero-order chi connectivity index (χ0) is 19.1. The molecule has 0 saturated heterocycles. The van der Waals surface area contributed by atoms with Crippen molar-refractivity contribution in [2.75, 3.05) is 5.75 Å². The number of hydrogen-bond donors (Lipinski definition) is 0. The van der Waals surface area contributed by atoms with Crippen LogP contribution in [0.3, 0.4) is 0 Å². The van der Waals surface area contributed by atoms with Crippen LogP contribution in [0.1, 0.15) is 12.5 Å². The third-order valence-corrected chi connectivity index (χ3v) is 4.75. The molecule has 0 radical (unpaired) electrons. The van der Waals surface area contributed by atoms with E-state index < -0.39 is 17.4 Å². The fraction of sp³-hybridized carbons (Fsp3) is 0.188. The van der Waals surface area contributed by atoms with Gasteiger partial charge in [0.1, 0.15) is 11.2 Å². The summed E-state index contributed by atoms with van der Waals surface area (Å²) < 4.78 is 44.0. The molecule has 0 aliphatic rings. The van der Waals surface area contributed by atoms with Gasteiger partial charge in [-0.2, -0.15) is 13.2 Å². The van der Waals surface area contributed by atoms with Gasteiger partial charge in [-0.1, -0.05) is 30.1 Å². The maximum absolute atomic E-state index is 12.9. The molecule has 3 aromatic rings. The Morgan fingerprint density at radius 1 is 1.23 bits per heavy atom. The van der Waals surface area contributed by atoms with E-state index in [0.29, 0.717) is 11.9 Å². The molecule has 0 amide bonds. The molecule has 26 heavy (non-hydrogen) atoms. The van der Waals surface area contributed by atoms with Crippen molar-refractivity contribution in [3.63, 3.8) is 0 Å². The molecule has 0 bridgehead atoms. The molecule has 136 valence electrons. The average Bonchev–Trinajstić information content (AvgIpc) is 2.55. The topological polar surface area (TPSA) is 56.0 Å². The SMILES string of the molecule is CCSc1cc(C(F)(F)F)cnc1-c1nc2c(Cl)cc(Cl)cc2c(=O)o1. The van der Waals surface area contributed by atoms with Gasteiger partial charge in [0.15, 0.2) is 0 Å². The molecule has 1 aromatic carbocycles. The normalized spacial score (nSPS) is 11.9. The molecule has 4 nitrogen and oxygen atoms in total. The van der Waals surface area contributed by atoms with Gasteiger partial charge in [0, 0.05) is 16.1 Å². The van der Waals surface area contributed by atoms with Gasteiger partial charge >= 0.3 is 11.8 Å².